The maximum atomic E-state index is 12.9. The van der Waals surface area contributed by atoms with Gasteiger partial charge in [-0.15, -0.1) is 0 Å². The lowest BCUT2D eigenvalue weighted by Gasteiger charge is -2.18. The van der Waals surface area contributed by atoms with Crippen molar-refractivity contribution in [2.45, 2.75) is 26.9 Å². The number of nitrogens with one attached hydrogen (secondary N) is 1. The number of rotatable bonds is 6. The molecule has 0 radical (unpaired) electrons. The topological polar surface area (TPSA) is 110 Å². The first-order valence-electron chi connectivity index (χ1n) is 9.25. The zero-order valence-corrected chi connectivity index (χ0v) is 16.1. The second-order valence-electron chi connectivity index (χ2n) is 6.74. The van der Waals surface area contributed by atoms with Gasteiger partial charge in [-0.2, -0.15) is 5.10 Å². The Morgan fingerprint density at radius 2 is 2.14 bits per heavy atom. The van der Waals surface area contributed by atoms with Gasteiger partial charge in [0.15, 0.2) is 11.5 Å². The van der Waals surface area contributed by atoms with Gasteiger partial charge in [0.1, 0.15) is 12.4 Å². The van der Waals surface area contributed by atoms with E-state index >= 15 is 0 Å². The second-order valence-corrected chi connectivity index (χ2v) is 6.74. The molecule has 148 valence electrons. The number of hydrogen-bond donors (Lipinski definition) is 1. The molecule has 3 heterocycles. The van der Waals surface area contributed by atoms with Gasteiger partial charge in [0.25, 0.3) is 11.5 Å². The van der Waals surface area contributed by atoms with E-state index in [9.17, 15) is 9.59 Å². The van der Waals surface area contributed by atoms with Gasteiger partial charge in [0.2, 0.25) is 0 Å². The van der Waals surface area contributed by atoms with Crippen molar-refractivity contribution in [1.29, 1.82) is 0 Å². The lowest BCUT2D eigenvalue weighted by atomic mass is 10.2. The molecule has 1 amide bonds. The predicted octanol–water partition coefficient (Wildman–Crippen LogP) is 2.13. The fourth-order valence-electron chi connectivity index (χ4n) is 3.08. The lowest BCUT2D eigenvalue weighted by molar-refractivity contribution is 0.0738. The largest absolute Gasteiger partial charge is 0.359 e. The molecular formula is C20H20N6O3. The Bertz CT molecular complexity index is 1220. The number of para-hydroxylation sites is 1. The average Bonchev–Trinajstić information content (AvgIpc) is 3.35. The summed E-state index contributed by atoms with van der Waals surface area (Å²) in [5.74, 6) is 0.652. The van der Waals surface area contributed by atoms with Crippen molar-refractivity contribution in [3.63, 3.8) is 0 Å². The molecule has 0 aliphatic rings. The standard InChI is InChI=1S/C20H20N6O3/c1-3-25(12-18-22-16-7-5-4-6-15(16)19(27)23-18)20(28)17-8-14(29-24-17)11-26-10-13(2)9-21-26/h4-10H,3,11-12H2,1-2H3,(H,22,23,27). The van der Waals surface area contributed by atoms with Crippen molar-refractivity contribution in [2.75, 3.05) is 6.54 Å². The van der Waals surface area contributed by atoms with Crippen LogP contribution in [0.25, 0.3) is 10.9 Å². The van der Waals surface area contributed by atoms with Crippen molar-refractivity contribution in [3.05, 3.63) is 75.9 Å². The summed E-state index contributed by atoms with van der Waals surface area (Å²) in [4.78, 5) is 33.9. The molecule has 0 unspecified atom stereocenters. The number of nitrogens with zero attached hydrogens (tertiary/aromatic N) is 5. The number of H-pyrrole nitrogens is 1. The first-order valence-corrected chi connectivity index (χ1v) is 9.25. The van der Waals surface area contributed by atoms with E-state index in [0.717, 1.165) is 5.56 Å². The van der Waals surface area contributed by atoms with E-state index in [1.807, 2.05) is 26.1 Å². The Labute approximate surface area is 166 Å². The van der Waals surface area contributed by atoms with Crippen molar-refractivity contribution >= 4 is 16.8 Å². The molecule has 9 nitrogen and oxygen atoms in total. The molecule has 0 atom stereocenters. The molecule has 0 fully saturated rings. The average molecular weight is 392 g/mol. The highest BCUT2D eigenvalue weighted by Gasteiger charge is 2.20. The monoisotopic (exact) mass is 392 g/mol. The molecule has 0 bridgehead atoms. The third-order valence-electron chi connectivity index (χ3n) is 4.53. The molecule has 29 heavy (non-hydrogen) atoms. The first-order chi connectivity index (χ1) is 14.0. The summed E-state index contributed by atoms with van der Waals surface area (Å²) in [6.45, 7) is 4.78. The second kappa shape index (κ2) is 7.70. The number of benzene rings is 1. The normalized spacial score (nSPS) is 11.1. The third kappa shape index (κ3) is 3.93. The zero-order chi connectivity index (χ0) is 20.4. The van der Waals surface area contributed by atoms with Crippen LogP contribution in [-0.4, -0.2) is 42.3 Å². The van der Waals surface area contributed by atoms with Crippen LogP contribution in [0.2, 0.25) is 0 Å². The van der Waals surface area contributed by atoms with E-state index in [1.165, 1.54) is 0 Å². The van der Waals surface area contributed by atoms with Gasteiger partial charge in [-0.3, -0.25) is 14.3 Å². The van der Waals surface area contributed by atoms with Crippen LogP contribution in [0.1, 0.15) is 34.6 Å². The van der Waals surface area contributed by atoms with Crippen LogP contribution in [0, 0.1) is 6.92 Å². The first kappa shape index (κ1) is 18.6. The van der Waals surface area contributed by atoms with Crippen molar-refractivity contribution in [1.82, 2.24) is 29.8 Å². The molecule has 0 saturated heterocycles. The van der Waals surface area contributed by atoms with Crippen LogP contribution >= 0.6 is 0 Å². The summed E-state index contributed by atoms with van der Waals surface area (Å²) >= 11 is 0. The van der Waals surface area contributed by atoms with E-state index in [2.05, 4.69) is 20.2 Å². The van der Waals surface area contributed by atoms with Crippen molar-refractivity contribution in [2.24, 2.45) is 0 Å². The summed E-state index contributed by atoms with van der Waals surface area (Å²) < 4.78 is 7.00. The number of carbonyl (C=O) groups excluding carboxylic acids is 1. The molecule has 3 aromatic heterocycles. The summed E-state index contributed by atoms with van der Waals surface area (Å²) in [6, 6.07) is 8.70. The highest BCUT2D eigenvalue weighted by atomic mass is 16.5. The van der Waals surface area contributed by atoms with E-state index in [0.29, 0.717) is 35.6 Å². The van der Waals surface area contributed by atoms with Crippen LogP contribution in [0.4, 0.5) is 0 Å². The number of amides is 1. The lowest BCUT2D eigenvalue weighted by Crippen LogP contribution is -2.32. The predicted molar refractivity (Wildman–Crippen MR) is 105 cm³/mol. The molecule has 9 heteroatoms. The van der Waals surface area contributed by atoms with E-state index < -0.39 is 0 Å². The Morgan fingerprint density at radius 3 is 2.90 bits per heavy atom. The van der Waals surface area contributed by atoms with Gasteiger partial charge in [-0.05, 0) is 31.5 Å². The highest BCUT2D eigenvalue weighted by Crippen LogP contribution is 2.12. The molecule has 1 aromatic carbocycles. The Hall–Kier alpha value is -3.75. The molecule has 4 rings (SSSR count). The van der Waals surface area contributed by atoms with Crippen LogP contribution in [-0.2, 0) is 13.1 Å². The summed E-state index contributed by atoms with van der Waals surface area (Å²) in [5, 5.41) is 8.61. The van der Waals surface area contributed by atoms with Gasteiger partial charge in [0.05, 0.1) is 23.6 Å². The van der Waals surface area contributed by atoms with E-state index in [-0.39, 0.29) is 23.7 Å². The van der Waals surface area contributed by atoms with Gasteiger partial charge in [-0.1, -0.05) is 17.3 Å². The van der Waals surface area contributed by atoms with Crippen LogP contribution in [0.5, 0.6) is 0 Å². The molecular weight excluding hydrogens is 372 g/mol. The molecule has 0 aliphatic carbocycles. The molecule has 0 aliphatic heterocycles. The number of aromatic amines is 1. The minimum Gasteiger partial charge on any atom is -0.359 e. The number of fused-ring (bicyclic) bond motifs is 1. The quantitative estimate of drug-likeness (QED) is 0.538. The smallest absolute Gasteiger partial charge is 0.276 e. The number of aryl methyl sites for hydroxylation is 1. The molecule has 1 N–H and O–H groups in total. The summed E-state index contributed by atoms with van der Waals surface area (Å²) in [6.07, 6.45) is 3.63. The molecule has 4 aromatic rings. The van der Waals surface area contributed by atoms with E-state index in [4.69, 9.17) is 4.52 Å². The fraction of sp³-hybridized carbons (Fsp3) is 0.250. The maximum absolute atomic E-state index is 12.9. The minimum atomic E-state index is -0.296. The maximum Gasteiger partial charge on any atom is 0.276 e. The molecule has 0 saturated carbocycles. The van der Waals surface area contributed by atoms with Crippen molar-refractivity contribution in [3.8, 4) is 0 Å². The van der Waals surface area contributed by atoms with Crippen LogP contribution in [0.15, 0.2) is 52.0 Å². The SMILES string of the molecule is CCN(Cc1nc2ccccc2c(=O)[nH]1)C(=O)c1cc(Cn2cc(C)cn2)on1. The highest BCUT2D eigenvalue weighted by molar-refractivity contribution is 5.92. The summed E-state index contributed by atoms with van der Waals surface area (Å²) in [7, 11) is 0. The third-order valence-corrected chi connectivity index (χ3v) is 4.53. The van der Waals surface area contributed by atoms with Gasteiger partial charge in [0, 0.05) is 18.8 Å². The molecule has 0 spiro atoms. The Balaban J connectivity index is 1.52. The Kier molecular flexibility index (Phi) is 4.94. The Morgan fingerprint density at radius 1 is 1.31 bits per heavy atom. The fourth-order valence-corrected chi connectivity index (χ4v) is 3.08. The van der Waals surface area contributed by atoms with Crippen LogP contribution in [0.3, 0.4) is 0 Å². The zero-order valence-electron chi connectivity index (χ0n) is 16.1. The van der Waals surface area contributed by atoms with E-state index in [1.54, 1.807) is 40.0 Å². The minimum absolute atomic E-state index is 0.163. The number of hydrogen-bond acceptors (Lipinski definition) is 6. The van der Waals surface area contributed by atoms with Crippen molar-refractivity contribution < 1.29 is 9.32 Å². The van der Waals surface area contributed by atoms with Gasteiger partial charge in [-0.25, -0.2) is 4.98 Å². The van der Waals surface area contributed by atoms with Crippen LogP contribution < -0.4 is 5.56 Å². The number of aromatic nitrogens is 5. The number of carbonyl (C=O) groups is 1. The summed E-state index contributed by atoms with van der Waals surface area (Å²) in [5.41, 5.74) is 1.60. The van der Waals surface area contributed by atoms with Gasteiger partial charge < -0.3 is 14.4 Å². The van der Waals surface area contributed by atoms with Gasteiger partial charge >= 0.3 is 0 Å².